The van der Waals surface area contributed by atoms with Crippen LogP contribution in [0.3, 0.4) is 0 Å². The predicted molar refractivity (Wildman–Crippen MR) is 107 cm³/mol. The summed E-state index contributed by atoms with van der Waals surface area (Å²) in [5.74, 6) is -0.504. The Labute approximate surface area is 163 Å². The van der Waals surface area contributed by atoms with E-state index in [0.717, 1.165) is 29.3 Å². The zero-order valence-corrected chi connectivity index (χ0v) is 16.1. The molecule has 1 aliphatic heterocycles. The maximum absolute atomic E-state index is 13.7. The maximum Gasteiger partial charge on any atom is 0.270 e. The fourth-order valence-electron chi connectivity index (χ4n) is 4.27. The second-order valence-corrected chi connectivity index (χ2v) is 7.51. The molecule has 28 heavy (non-hydrogen) atoms. The number of fused-ring (bicyclic) bond motifs is 1. The zero-order valence-electron chi connectivity index (χ0n) is 16.1. The molecule has 1 saturated heterocycles. The molecule has 1 atom stereocenters. The average molecular weight is 378 g/mol. The van der Waals surface area contributed by atoms with Gasteiger partial charge >= 0.3 is 0 Å². The van der Waals surface area contributed by atoms with E-state index >= 15 is 0 Å². The van der Waals surface area contributed by atoms with Crippen molar-refractivity contribution in [1.82, 2.24) is 9.47 Å². The highest BCUT2D eigenvalue weighted by atomic mass is 19.1. The number of carbonyl (C=O) groups excluding carboxylic acids is 2. The number of piperidine rings is 1. The molecule has 0 bridgehead atoms. The maximum atomic E-state index is 13.7. The van der Waals surface area contributed by atoms with Gasteiger partial charge in [-0.25, -0.2) is 4.39 Å². The summed E-state index contributed by atoms with van der Waals surface area (Å²) in [6.07, 6.45) is 1.59. The van der Waals surface area contributed by atoms with E-state index in [9.17, 15) is 14.0 Å². The number of halogens is 1. The number of hydrogen-bond donors (Lipinski definition) is 0. The Morgan fingerprint density at radius 2 is 1.86 bits per heavy atom. The lowest BCUT2D eigenvalue weighted by atomic mass is 9.90. The van der Waals surface area contributed by atoms with Gasteiger partial charge in [-0.05, 0) is 43.5 Å². The van der Waals surface area contributed by atoms with E-state index in [-0.39, 0.29) is 23.4 Å². The lowest BCUT2D eigenvalue weighted by molar-refractivity contribution is 0.0629. The van der Waals surface area contributed by atoms with Gasteiger partial charge in [-0.3, -0.25) is 9.59 Å². The van der Waals surface area contributed by atoms with Gasteiger partial charge in [-0.15, -0.1) is 0 Å². The van der Waals surface area contributed by atoms with Crippen LogP contribution in [0, 0.1) is 18.7 Å². The standard InChI is InChI=1S/C23H23FN2O2/c1-15-19-13-18(24)10-11-20(19)25(2)21(15)23(28)26-12-6-9-17(14-26)22(27)16-7-4-3-5-8-16/h3-5,7-8,10-11,13,17H,6,9,12,14H2,1-2H3/t17-/m0/s1. The molecular weight excluding hydrogens is 355 g/mol. The van der Waals surface area contributed by atoms with Gasteiger partial charge in [0.1, 0.15) is 11.5 Å². The van der Waals surface area contributed by atoms with Crippen LogP contribution in [0.25, 0.3) is 10.9 Å². The van der Waals surface area contributed by atoms with Gasteiger partial charge in [0.25, 0.3) is 5.91 Å². The summed E-state index contributed by atoms with van der Waals surface area (Å²) < 4.78 is 15.5. The molecule has 5 heteroatoms. The smallest absolute Gasteiger partial charge is 0.270 e. The SMILES string of the molecule is Cc1c(C(=O)N2CCC[C@H](C(=O)c3ccccc3)C2)n(C)c2ccc(F)cc12. The first kappa shape index (κ1) is 18.4. The minimum atomic E-state index is -0.313. The van der Waals surface area contributed by atoms with Gasteiger partial charge < -0.3 is 9.47 Å². The number of benzene rings is 2. The molecule has 0 unspecified atom stereocenters. The fraction of sp³-hybridized carbons (Fsp3) is 0.304. The molecule has 2 heterocycles. The van der Waals surface area contributed by atoms with Crippen LogP contribution in [-0.2, 0) is 7.05 Å². The average Bonchev–Trinajstić information content (AvgIpc) is 2.97. The Morgan fingerprint density at radius 3 is 2.61 bits per heavy atom. The fourth-order valence-corrected chi connectivity index (χ4v) is 4.27. The van der Waals surface area contributed by atoms with Crippen molar-refractivity contribution >= 4 is 22.6 Å². The van der Waals surface area contributed by atoms with Crippen molar-refractivity contribution < 1.29 is 14.0 Å². The molecule has 3 aromatic rings. The number of amides is 1. The first-order valence-corrected chi connectivity index (χ1v) is 9.60. The van der Waals surface area contributed by atoms with Crippen LogP contribution in [0.4, 0.5) is 4.39 Å². The lowest BCUT2D eigenvalue weighted by Gasteiger charge is -2.32. The van der Waals surface area contributed by atoms with Gasteiger partial charge in [-0.1, -0.05) is 30.3 Å². The number of ketones is 1. The molecule has 1 fully saturated rings. The van der Waals surface area contributed by atoms with Crippen molar-refractivity contribution in [3.8, 4) is 0 Å². The minimum absolute atomic E-state index is 0.0916. The predicted octanol–water partition coefficient (Wildman–Crippen LogP) is 4.36. The summed E-state index contributed by atoms with van der Waals surface area (Å²) in [4.78, 5) is 27.9. The van der Waals surface area contributed by atoms with Crippen molar-refractivity contribution in [2.75, 3.05) is 13.1 Å². The molecule has 4 nitrogen and oxygen atoms in total. The zero-order chi connectivity index (χ0) is 19.8. The Hall–Kier alpha value is -2.95. The Kier molecular flexibility index (Phi) is 4.75. The van der Waals surface area contributed by atoms with Crippen LogP contribution >= 0.6 is 0 Å². The van der Waals surface area contributed by atoms with Gasteiger partial charge in [0, 0.05) is 42.5 Å². The molecule has 1 aliphatic rings. The summed E-state index contributed by atoms with van der Waals surface area (Å²) in [6, 6.07) is 13.8. The number of likely N-dealkylation sites (tertiary alicyclic amines) is 1. The summed E-state index contributed by atoms with van der Waals surface area (Å²) >= 11 is 0. The molecule has 144 valence electrons. The minimum Gasteiger partial charge on any atom is -0.339 e. The van der Waals surface area contributed by atoms with E-state index in [4.69, 9.17) is 0 Å². The molecule has 0 saturated carbocycles. The molecule has 0 N–H and O–H groups in total. The number of nitrogens with zero attached hydrogens (tertiary/aromatic N) is 2. The summed E-state index contributed by atoms with van der Waals surface area (Å²) in [7, 11) is 1.83. The van der Waals surface area contributed by atoms with Crippen molar-refractivity contribution in [2.24, 2.45) is 13.0 Å². The second kappa shape index (κ2) is 7.23. The van der Waals surface area contributed by atoms with Crippen LogP contribution in [-0.4, -0.2) is 34.2 Å². The van der Waals surface area contributed by atoms with Crippen LogP contribution in [0.1, 0.15) is 39.3 Å². The van der Waals surface area contributed by atoms with Crippen LogP contribution in [0.5, 0.6) is 0 Å². The normalized spacial score (nSPS) is 17.1. The van der Waals surface area contributed by atoms with Gasteiger partial charge in [-0.2, -0.15) is 0 Å². The molecule has 0 radical (unpaired) electrons. The quantitative estimate of drug-likeness (QED) is 0.636. The number of aromatic nitrogens is 1. The van der Waals surface area contributed by atoms with Crippen molar-refractivity contribution in [3.05, 3.63) is 71.2 Å². The molecule has 1 amide bonds. The monoisotopic (exact) mass is 378 g/mol. The highest BCUT2D eigenvalue weighted by molar-refractivity contribution is 6.02. The molecule has 0 aliphatic carbocycles. The third-order valence-electron chi connectivity index (χ3n) is 5.75. The van der Waals surface area contributed by atoms with Gasteiger partial charge in [0.05, 0.1) is 0 Å². The van der Waals surface area contributed by atoms with Crippen LogP contribution < -0.4 is 0 Å². The number of hydrogen-bond acceptors (Lipinski definition) is 2. The molecule has 2 aromatic carbocycles. The number of carbonyl (C=O) groups is 2. The molecular formula is C23H23FN2O2. The van der Waals surface area contributed by atoms with Gasteiger partial charge in [0.2, 0.25) is 0 Å². The third kappa shape index (κ3) is 3.11. The van der Waals surface area contributed by atoms with Crippen molar-refractivity contribution in [3.63, 3.8) is 0 Å². The molecule has 4 rings (SSSR count). The van der Waals surface area contributed by atoms with Crippen molar-refractivity contribution in [1.29, 1.82) is 0 Å². The summed E-state index contributed by atoms with van der Waals surface area (Å²) in [6.45, 7) is 2.90. The van der Waals surface area contributed by atoms with Crippen LogP contribution in [0.15, 0.2) is 48.5 Å². The highest BCUT2D eigenvalue weighted by Gasteiger charge is 2.31. The van der Waals surface area contributed by atoms with E-state index in [1.54, 1.807) is 11.0 Å². The Morgan fingerprint density at radius 1 is 1.11 bits per heavy atom. The Bertz CT molecular complexity index is 1060. The molecule has 1 aromatic heterocycles. The highest BCUT2D eigenvalue weighted by Crippen LogP contribution is 2.28. The number of Topliss-reactive ketones (excluding diaryl/α,β-unsaturated/α-hetero) is 1. The summed E-state index contributed by atoms with van der Waals surface area (Å²) in [5, 5.41) is 0.750. The number of aryl methyl sites for hydroxylation is 2. The number of rotatable bonds is 3. The first-order valence-electron chi connectivity index (χ1n) is 9.60. The second-order valence-electron chi connectivity index (χ2n) is 7.51. The van der Waals surface area contributed by atoms with E-state index in [0.29, 0.717) is 24.3 Å². The lowest BCUT2D eigenvalue weighted by Crippen LogP contribution is -2.43. The van der Waals surface area contributed by atoms with E-state index in [1.807, 2.05) is 48.9 Å². The van der Waals surface area contributed by atoms with Crippen molar-refractivity contribution in [2.45, 2.75) is 19.8 Å². The van der Waals surface area contributed by atoms with E-state index in [1.165, 1.54) is 12.1 Å². The third-order valence-corrected chi connectivity index (χ3v) is 5.75. The van der Waals surface area contributed by atoms with Gasteiger partial charge in [0.15, 0.2) is 5.78 Å². The molecule has 0 spiro atoms. The first-order chi connectivity index (χ1) is 13.5. The largest absolute Gasteiger partial charge is 0.339 e. The topological polar surface area (TPSA) is 42.3 Å². The summed E-state index contributed by atoms with van der Waals surface area (Å²) in [5.41, 5.74) is 2.86. The van der Waals surface area contributed by atoms with Crippen LogP contribution in [0.2, 0.25) is 0 Å². The Balaban J connectivity index is 1.62. The van der Waals surface area contributed by atoms with E-state index < -0.39 is 0 Å². The van der Waals surface area contributed by atoms with E-state index in [2.05, 4.69) is 0 Å².